The molecule has 45 heavy (non-hydrogen) atoms. The van der Waals surface area contributed by atoms with Crippen LogP contribution in [0.15, 0.2) is 79.0 Å². The van der Waals surface area contributed by atoms with Crippen LogP contribution in [0.1, 0.15) is 40.9 Å². The molecule has 1 unspecified atom stereocenters. The predicted octanol–water partition coefficient (Wildman–Crippen LogP) is 5.75. The van der Waals surface area contributed by atoms with Crippen LogP contribution in [0.25, 0.3) is 11.1 Å². The maximum Gasteiger partial charge on any atom is 0.410 e. The molecule has 1 aliphatic rings. The maximum atomic E-state index is 14.4. The normalized spacial score (nSPS) is 14.8. The van der Waals surface area contributed by atoms with E-state index in [0.717, 1.165) is 11.1 Å². The fraction of sp³-hybridized carbons (Fsp3) is 0.303. The van der Waals surface area contributed by atoms with E-state index < -0.39 is 35.7 Å². The van der Waals surface area contributed by atoms with Gasteiger partial charge in [0.05, 0.1) is 12.1 Å². The smallest absolute Gasteiger partial charge is 0.410 e. The number of piperidine rings is 1. The largest absolute Gasteiger partial charge is 0.481 e. The number of hydrogen-bond donors (Lipinski definition) is 3. The van der Waals surface area contributed by atoms with Crippen molar-refractivity contribution in [3.05, 3.63) is 107 Å². The number of rotatable bonds is 11. The van der Waals surface area contributed by atoms with Crippen LogP contribution in [0.4, 0.5) is 9.18 Å². The average molecular weight is 634 g/mol. The van der Waals surface area contributed by atoms with Gasteiger partial charge in [-0.25, -0.2) is 9.18 Å². The van der Waals surface area contributed by atoms with Gasteiger partial charge in [0.25, 0.3) is 5.91 Å². The average Bonchev–Trinajstić information content (AvgIpc) is 3.60. The van der Waals surface area contributed by atoms with Gasteiger partial charge in [0.1, 0.15) is 12.4 Å². The Morgan fingerprint density at radius 1 is 1.04 bits per heavy atom. The summed E-state index contributed by atoms with van der Waals surface area (Å²) >= 11 is 6.06. The van der Waals surface area contributed by atoms with E-state index in [1.165, 1.54) is 18.3 Å². The molecule has 2 amide bonds. The highest BCUT2D eigenvalue weighted by Crippen LogP contribution is 2.31. The first-order valence-electron chi connectivity index (χ1n) is 14.7. The van der Waals surface area contributed by atoms with Gasteiger partial charge in [-0.3, -0.25) is 9.59 Å². The molecule has 0 saturated carbocycles. The number of amides is 2. The molecule has 234 valence electrons. The Bertz CT molecular complexity index is 1600. The summed E-state index contributed by atoms with van der Waals surface area (Å²) in [6, 6.07) is 20.4. The molecule has 0 radical (unpaired) electrons. The van der Waals surface area contributed by atoms with E-state index in [1.807, 2.05) is 42.5 Å². The summed E-state index contributed by atoms with van der Waals surface area (Å²) in [5, 5.41) is 23.5. The Kier molecular flexibility index (Phi) is 10.4. The van der Waals surface area contributed by atoms with Crippen LogP contribution in [0.2, 0.25) is 5.02 Å². The molecule has 1 saturated heterocycles. The Balaban J connectivity index is 1.25. The molecule has 4 aromatic rings. The zero-order chi connectivity index (χ0) is 31.8. The SMILES string of the molecule is O=C(N[C@H](Cc1ccc(-c2cc(Cl)ccc2F)cc1)CC(C(=O)O)C1CCN(C(=O)OCc2ccccc2)CC1)c1cn[nH]n1. The first-order valence-corrected chi connectivity index (χ1v) is 15.0. The third-order valence-electron chi connectivity index (χ3n) is 8.09. The second kappa shape index (κ2) is 14.8. The standard InChI is InChI=1S/C33H33ClFN5O5/c34-25-10-11-29(35)27(17-25)23-8-6-21(7-9-23)16-26(37-31(41)30-19-36-39-38-30)18-28(32(42)43)24-12-14-40(15-13-24)33(44)45-20-22-4-2-1-3-5-22/h1-11,17,19,24,26,28H,12-16,18,20H2,(H,37,41)(H,42,43)(H,36,38,39)/t26-,28?/m1/s1. The first kappa shape index (κ1) is 31.6. The molecule has 0 aliphatic carbocycles. The number of hydrogen-bond acceptors (Lipinski definition) is 6. The minimum Gasteiger partial charge on any atom is -0.481 e. The third-order valence-corrected chi connectivity index (χ3v) is 8.32. The van der Waals surface area contributed by atoms with E-state index in [9.17, 15) is 23.9 Å². The highest BCUT2D eigenvalue weighted by molar-refractivity contribution is 6.30. The van der Waals surface area contributed by atoms with Gasteiger partial charge < -0.3 is 20.1 Å². The van der Waals surface area contributed by atoms with Gasteiger partial charge in [-0.1, -0.05) is 66.2 Å². The lowest BCUT2D eigenvalue weighted by Crippen LogP contribution is -2.44. The van der Waals surface area contributed by atoms with E-state index in [1.54, 1.807) is 23.1 Å². The van der Waals surface area contributed by atoms with Gasteiger partial charge in [0, 0.05) is 29.7 Å². The number of aromatic nitrogens is 3. The zero-order valence-corrected chi connectivity index (χ0v) is 25.1. The summed E-state index contributed by atoms with van der Waals surface area (Å²) in [5.74, 6) is -2.82. The molecular formula is C33H33ClFN5O5. The van der Waals surface area contributed by atoms with Crippen LogP contribution in [0, 0.1) is 17.7 Å². The number of aliphatic carboxylic acids is 1. The van der Waals surface area contributed by atoms with Crippen LogP contribution in [0.3, 0.4) is 0 Å². The molecule has 5 rings (SSSR count). The lowest BCUT2D eigenvalue weighted by atomic mass is 9.79. The number of benzene rings is 3. The Labute approximate surface area is 264 Å². The van der Waals surface area contributed by atoms with Crippen molar-refractivity contribution in [2.24, 2.45) is 11.8 Å². The number of halogens is 2. The number of carboxylic acids is 1. The van der Waals surface area contributed by atoms with E-state index >= 15 is 0 Å². The number of carboxylic acid groups (broad SMARTS) is 1. The van der Waals surface area contributed by atoms with Crippen LogP contribution < -0.4 is 5.32 Å². The van der Waals surface area contributed by atoms with E-state index in [4.69, 9.17) is 16.3 Å². The van der Waals surface area contributed by atoms with Crippen molar-refractivity contribution in [1.82, 2.24) is 25.6 Å². The van der Waals surface area contributed by atoms with Crippen LogP contribution in [0.5, 0.6) is 0 Å². The Morgan fingerprint density at radius 3 is 2.44 bits per heavy atom. The summed E-state index contributed by atoms with van der Waals surface area (Å²) in [4.78, 5) is 39.7. The number of aromatic amines is 1. The van der Waals surface area contributed by atoms with Crippen LogP contribution >= 0.6 is 11.6 Å². The Morgan fingerprint density at radius 2 is 1.78 bits per heavy atom. The van der Waals surface area contributed by atoms with Gasteiger partial charge >= 0.3 is 12.1 Å². The Hall–Kier alpha value is -4.77. The quantitative estimate of drug-likeness (QED) is 0.191. The topological polar surface area (TPSA) is 138 Å². The molecule has 1 aromatic heterocycles. The fourth-order valence-electron chi connectivity index (χ4n) is 5.68. The van der Waals surface area contributed by atoms with Crippen molar-refractivity contribution in [3.63, 3.8) is 0 Å². The van der Waals surface area contributed by atoms with Crippen molar-refractivity contribution in [1.29, 1.82) is 0 Å². The summed E-state index contributed by atoms with van der Waals surface area (Å²) < 4.78 is 19.9. The number of H-pyrrole nitrogens is 1. The second-order valence-corrected chi connectivity index (χ2v) is 11.5. The number of carbonyl (C=O) groups is 3. The van der Waals surface area contributed by atoms with E-state index in [2.05, 4.69) is 20.7 Å². The van der Waals surface area contributed by atoms with E-state index in [-0.39, 0.29) is 24.6 Å². The number of nitrogens with one attached hydrogen (secondary N) is 2. The van der Waals surface area contributed by atoms with Crippen LogP contribution in [-0.4, -0.2) is 62.5 Å². The zero-order valence-electron chi connectivity index (χ0n) is 24.4. The van der Waals surface area contributed by atoms with Gasteiger partial charge in [0.15, 0.2) is 5.69 Å². The monoisotopic (exact) mass is 633 g/mol. The molecular weight excluding hydrogens is 601 g/mol. The summed E-state index contributed by atoms with van der Waals surface area (Å²) in [6.45, 7) is 0.915. The van der Waals surface area contributed by atoms with Gasteiger partial charge in [0.2, 0.25) is 0 Å². The number of carbonyl (C=O) groups excluding carboxylic acids is 2. The third kappa shape index (κ3) is 8.45. The van der Waals surface area contributed by atoms with Crippen LogP contribution in [-0.2, 0) is 22.6 Å². The molecule has 3 aromatic carbocycles. The van der Waals surface area contributed by atoms with Crippen molar-refractivity contribution in [2.75, 3.05) is 13.1 Å². The predicted molar refractivity (Wildman–Crippen MR) is 165 cm³/mol. The first-order chi connectivity index (χ1) is 21.8. The molecule has 2 atom stereocenters. The number of likely N-dealkylation sites (tertiary alicyclic amines) is 1. The van der Waals surface area contributed by atoms with Gasteiger partial charge in [-0.2, -0.15) is 15.4 Å². The van der Waals surface area contributed by atoms with Crippen molar-refractivity contribution >= 4 is 29.6 Å². The fourth-order valence-corrected chi connectivity index (χ4v) is 5.86. The second-order valence-electron chi connectivity index (χ2n) is 11.1. The maximum absolute atomic E-state index is 14.4. The molecule has 0 bridgehead atoms. The minimum atomic E-state index is -0.965. The molecule has 12 heteroatoms. The molecule has 1 fully saturated rings. The van der Waals surface area contributed by atoms with Gasteiger partial charge in [-0.15, -0.1) is 0 Å². The summed E-state index contributed by atoms with van der Waals surface area (Å²) in [7, 11) is 0. The lowest BCUT2D eigenvalue weighted by Gasteiger charge is -2.35. The van der Waals surface area contributed by atoms with Gasteiger partial charge in [-0.05, 0) is 66.5 Å². The van der Waals surface area contributed by atoms with Crippen molar-refractivity contribution < 1.29 is 28.6 Å². The minimum absolute atomic E-state index is 0.0842. The molecule has 3 N–H and O–H groups in total. The number of nitrogens with zero attached hydrogens (tertiary/aromatic N) is 3. The van der Waals surface area contributed by atoms with E-state index in [0.29, 0.717) is 48.5 Å². The van der Waals surface area contributed by atoms with Crippen molar-refractivity contribution in [2.45, 2.75) is 38.3 Å². The summed E-state index contributed by atoms with van der Waals surface area (Å²) in [5.41, 5.74) is 2.80. The highest BCUT2D eigenvalue weighted by atomic mass is 35.5. The molecule has 10 nitrogen and oxygen atoms in total. The molecule has 2 heterocycles. The highest BCUT2D eigenvalue weighted by Gasteiger charge is 2.35. The lowest BCUT2D eigenvalue weighted by molar-refractivity contribution is -0.144. The van der Waals surface area contributed by atoms with Crippen molar-refractivity contribution in [3.8, 4) is 11.1 Å². The molecule has 1 aliphatic heterocycles. The number of ether oxygens (including phenoxy) is 1. The summed E-state index contributed by atoms with van der Waals surface area (Å²) in [6.07, 6.45) is 2.33. The molecule has 0 spiro atoms.